The minimum Gasteiger partial charge on any atom is -0.296 e. The van der Waals surface area contributed by atoms with Gasteiger partial charge in [-0.15, -0.1) is 10.2 Å². The third kappa shape index (κ3) is 4.51. The molecule has 0 spiro atoms. The Morgan fingerprint density at radius 1 is 0.969 bits per heavy atom. The predicted molar refractivity (Wildman–Crippen MR) is 129 cm³/mol. The highest BCUT2D eigenvalue weighted by Gasteiger charge is 2.16. The van der Waals surface area contributed by atoms with E-state index in [1.165, 1.54) is 16.9 Å². The van der Waals surface area contributed by atoms with Crippen LogP contribution in [0.2, 0.25) is 0 Å². The maximum Gasteiger partial charge on any atom is 0.258 e. The summed E-state index contributed by atoms with van der Waals surface area (Å²) in [6.45, 7) is 0. The summed E-state index contributed by atoms with van der Waals surface area (Å²) in [6, 6.07) is 23.3. The van der Waals surface area contributed by atoms with Crippen molar-refractivity contribution in [3.63, 3.8) is 0 Å². The zero-order valence-corrected chi connectivity index (χ0v) is 18.4. The van der Waals surface area contributed by atoms with E-state index < -0.39 is 0 Å². The Bertz CT molecular complexity index is 1370. The maximum atomic E-state index is 13.2. The molecule has 1 amide bonds. The van der Waals surface area contributed by atoms with Crippen LogP contribution in [0.3, 0.4) is 0 Å². The molecule has 156 valence electrons. The van der Waals surface area contributed by atoms with Gasteiger partial charge in [-0.3, -0.25) is 15.1 Å². The molecule has 0 fully saturated rings. The summed E-state index contributed by atoms with van der Waals surface area (Å²) in [5, 5.41) is 12.5. The van der Waals surface area contributed by atoms with E-state index in [1.54, 1.807) is 30.2 Å². The molecule has 5 aromatic rings. The molecule has 8 heteroatoms. The molecule has 0 saturated heterocycles. The molecule has 6 nitrogen and oxygen atoms in total. The summed E-state index contributed by atoms with van der Waals surface area (Å²) < 4.78 is 0.805. The van der Waals surface area contributed by atoms with Gasteiger partial charge < -0.3 is 0 Å². The SMILES string of the molecule is O=C(Nc1nnc(SCc2ccccc2)s1)c1cc(-c2cccnc2)nc2ccccc12. The van der Waals surface area contributed by atoms with Crippen LogP contribution in [0.15, 0.2) is 89.5 Å². The summed E-state index contributed by atoms with van der Waals surface area (Å²) in [7, 11) is 0. The summed E-state index contributed by atoms with van der Waals surface area (Å²) in [5.74, 6) is 0.553. The number of amides is 1. The highest BCUT2D eigenvalue weighted by Crippen LogP contribution is 2.29. The van der Waals surface area contributed by atoms with Crippen molar-refractivity contribution in [2.75, 3.05) is 5.32 Å². The van der Waals surface area contributed by atoms with E-state index in [9.17, 15) is 4.79 Å². The quantitative estimate of drug-likeness (QED) is 0.262. The molecule has 0 aliphatic heterocycles. The highest BCUT2D eigenvalue weighted by atomic mass is 32.2. The standard InChI is InChI=1S/C24H17N5OS2/c30-22(27-23-28-29-24(32-23)31-15-16-7-2-1-3-8-16)19-13-21(17-9-6-12-25-14-17)26-20-11-5-4-10-18(19)20/h1-14H,15H2,(H,27,28,30). The minimum absolute atomic E-state index is 0.246. The van der Waals surface area contributed by atoms with Crippen LogP contribution < -0.4 is 5.32 Å². The van der Waals surface area contributed by atoms with E-state index in [0.29, 0.717) is 16.4 Å². The molecular weight excluding hydrogens is 438 g/mol. The Morgan fingerprint density at radius 2 is 1.81 bits per heavy atom. The van der Waals surface area contributed by atoms with Crippen LogP contribution in [-0.2, 0) is 5.75 Å². The van der Waals surface area contributed by atoms with Crippen molar-refractivity contribution < 1.29 is 4.79 Å². The van der Waals surface area contributed by atoms with Crippen molar-refractivity contribution in [2.45, 2.75) is 10.1 Å². The fraction of sp³-hybridized carbons (Fsp3) is 0.0417. The molecular formula is C24H17N5OS2. The van der Waals surface area contributed by atoms with E-state index in [2.05, 4.69) is 32.6 Å². The molecule has 0 bridgehead atoms. The molecule has 0 unspecified atom stereocenters. The van der Waals surface area contributed by atoms with Crippen molar-refractivity contribution >= 4 is 45.0 Å². The number of nitrogens with one attached hydrogen (secondary N) is 1. The van der Waals surface area contributed by atoms with Gasteiger partial charge in [-0.05, 0) is 29.8 Å². The van der Waals surface area contributed by atoms with Crippen LogP contribution in [-0.4, -0.2) is 26.1 Å². The number of benzene rings is 2. The van der Waals surface area contributed by atoms with Crippen LogP contribution in [0.25, 0.3) is 22.2 Å². The number of pyridine rings is 2. The molecule has 0 saturated carbocycles. The van der Waals surface area contributed by atoms with Crippen molar-refractivity contribution in [1.29, 1.82) is 0 Å². The Morgan fingerprint density at radius 3 is 2.66 bits per heavy atom. The number of aromatic nitrogens is 4. The van der Waals surface area contributed by atoms with E-state index in [4.69, 9.17) is 4.98 Å². The highest BCUT2D eigenvalue weighted by molar-refractivity contribution is 8.00. The van der Waals surface area contributed by atoms with Gasteiger partial charge in [0.1, 0.15) is 0 Å². The molecule has 0 radical (unpaired) electrons. The van der Waals surface area contributed by atoms with Crippen molar-refractivity contribution in [3.05, 3.63) is 96.3 Å². The minimum atomic E-state index is -0.246. The van der Waals surface area contributed by atoms with Gasteiger partial charge in [-0.1, -0.05) is 71.6 Å². The molecule has 0 atom stereocenters. The molecule has 3 aromatic heterocycles. The van der Waals surface area contributed by atoms with Crippen molar-refractivity contribution in [1.82, 2.24) is 20.2 Å². The monoisotopic (exact) mass is 455 g/mol. The van der Waals surface area contributed by atoms with Crippen LogP contribution in [0.5, 0.6) is 0 Å². The maximum absolute atomic E-state index is 13.2. The fourth-order valence-electron chi connectivity index (χ4n) is 3.23. The van der Waals surface area contributed by atoms with Gasteiger partial charge in [0.05, 0.1) is 16.8 Å². The topological polar surface area (TPSA) is 80.7 Å². The van der Waals surface area contributed by atoms with E-state index in [1.807, 2.05) is 54.6 Å². The first kappa shape index (κ1) is 20.3. The Balaban J connectivity index is 1.39. The largest absolute Gasteiger partial charge is 0.296 e. The first-order valence-electron chi connectivity index (χ1n) is 9.88. The second-order valence-corrected chi connectivity index (χ2v) is 9.12. The normalized spacial score (nSPS) is 10.9. The Labute approximate surface area is 192 Å². The molecule has 0 aliphatic rings. The van der Waals surface area contributed by atoms with Gasteiger partial charge in [0.2, 0.25) is 5.13 Å². The lowest BCUT2D eigenvalue weighted by Gasteiger charge is -2.09. The third-order valence-corrected chi connectivity index (χ3v) is 6.79. The van der Waals surface area contributed by atoms with E-state index in [0.717, 1.165) is 26.6 Å². The third-order valence-electron chi connectivity index (χ3n) is 4.75. The average Bonchev–Trinajstić information content (AvgIpc) is 3.30. The summed E-state index contributed by atoms with van der Waals surface area (Å²) in [4.78, 5) is 22.0. The molecule has 0 aliphatic carbocycles. The number of fused-ring (bicyclic) bond motifs is 1. The molecule has 32 heavy (non-hydrogen) atoms. The first-order chi connectivity index (χ1) is 15.8. The van der Waals surface area contributed by atoms with Gasteiger partial charge in [0.15, 0.2) is 4.34 Å². The van der Waals surface area contributed by atoms with Crippen molar-refractivity contribution in [2.24, 2.45) is 0 Å². The van der Waals surface area contributed by atoms with Gasteiger partial charge >= 0.3 is 0 Å². The van der Waals surface area contributed by atoms with E-state index in [-0.39, 0.29) is 5.91 Å². The molecule has 5 rings (SSSR count). The zero-order chi connectivity index (χ0) is 21.8. The molecule has 2 aromatic carbocycles. The summed E-state index contributed by atoms with van der Waals surface area (Å²) >= 11 is 2.96. The number of hydrogen-bond donors (Lipinski definition) is 1. The lowest BCUT2D eigenvalue weighted by Crippen LogP contribution is -2.13. The number of hydrogen-bond acceptors (Lipinski definition) is 7. The number of anilines is 1. The second-order valence-electron chi connectivity index (χ2n) is 6.92. The van der Waals surface area contributed by atoms with Crippen molar-refractivity contribution in [3.8, 4) is 11.3 Å². The molecule has 3 heterocycles. The van der Waals surface area contributed by atoms with Crippen LogP contribution in [0.4, 0.5) is 5.13 Å². The van der Waals surface area contributed by atoms with Gasteiger partial charge in [-0.2, -0.15) is 0 Å². The van der Waals surface area contributed by atoms with E-state index >= 15 is 0 Å². The summed E-state index contributed by atoms with van der Waals surface area (Å²) in [5.41, 5.74) is 4.03. The number of thioether (sulfide) groups is 1. The fourth-order valence-corrected chi connectivity index (χ4v) is 4.93. The smallest absolute Gasteiger partial charge is 0.258 e. The lowest BCUT2D eigenvalue weighted by atomic mass is 10.0. The van der Waals surface area contributed by atoms with Gasteiger partial charge in [-0.25, -0.2) is 4.98 Å². The number of carbonyl (C=O) groups excluding carboxylic acids is 1. The predicted octanol–water partition coefficient (Wildman–Crippen LogP) is 5.69. The summed E-state index contributed by atoms with van der Waals surface area (Å²) in [6.07, 6.45) is 3.45. The zero-order valence-electron chi connectivity index (χ0n) is 16.8. The van der Waals surface area contributed by atoms with Crippen LogP contribution in [0, 0.1) is 0 Å². The number of rotatable bonds is 6. The first-order valence-corrected chi connectivity index (χ1v) is 11.7. The number of carbonyl (C=O) groups is 1. The van der Waals surface area contributed by atoms with Crippen LogP contribution in [0.1, 0.15) is 15.9 Å². The Kier molecular flexibility index (Phi) is 5.87. The second kappa shape index (κ2) is 9.25. The van der Waals surface area contributed by atoms with Gasteiger partial charge in [0.25, 0.3) is 5.91 Å². The number of nitrogens with zero attached hydrogens (tertiary/aromatic N) is 4. The lowest BCUT2D eigenvalue weighted by molar-refractivity contribution is 0.102. The van der Waals surface area contributed by atoms with Gasteiger partial charge in [0, 0.05) is 29.1 Å². The Hall–Kier alpha value is -3.62. The number of para-hydroxylation sites is 1. The average molecular weight is 456 g/mol. The molecule has 1 N–H and O–H groups in total. The van der Waals surface area contributed by atoms with Crippen LogP contribution >= 0.6 is 23.1 Å².